The molecule has 0 bridgehead atoms. The zero-order valence-electron chi connectivity index (χ0n) is 6.30. The van der Waals surface area contributed by atoms with Crippen LogP contribution in [0.1, 0.15) is 26.7 Å². The molecule has 52 valence electrons. The van der Waals surface area contributed by atoms with Crippen molar-refractivity contribution in [1.82, 2.24) is 0 Å². The monoisotopic (exact) mass is 126 g/mol. The van der Waals surface area contributed by atoms with Crippen molar-refractivity contribution in [3.05, 3.63) is 0 Å². The second-order valence-electron chi connectivity index (χ2n) is 3.46. The van der Waals surface area contributed by atoms with Crippen LogP contribution in [0.4, 0.5) is 0 Å². The van der Waals surface area contributed by atoms with Gasteiger partial charge < -0.3 is 5.02 Å². The Hall–Kier alpha value is 0.0249. The van der Waals surface area contributed by atoms with Crippen LogP contribution in [-0.2, 0) is 0 Å². The molecule has 1 heterocycles. The first-order valence-electron chi connectivity index (χ1n) is 3.88. The normalized spacial score (nSPS) is 37.0. The van der Waals surface area contributed by atoms with Crippen LogP contribution in [-0.4, -0.2) is 11.9 Å². The maximum atomic E-state index is 9.30. The van der Waals surface area contributed by atoms with Gasteiger partial charge in [-0.2, -0.15) is 0 Å². The van der Waals surface area contributed by atoms with Crippen molar-refractivity contribution >= 4 is 6.92 Å². The largest absolute Gasteiger partial charge is 0.450 e. The molecule has 1 fully saturated rings. The van der Waals surface area contributed by atoms with Crippen LogP contribution < -0.4 is 0 Å². The minimum Gasteiger partial charge on any atom is -0.450 e. The molecule has 0 aromatic heterocycles. The second kappa shape index (κ2) is 2.74. The van der Waals surface area contributed by atoms with Gasteiger partial charge in [0, 0.05) is 0 Å². The van der Waals surface area contributed by atoms with Crippen LogP contribution in [0, 0.1) is 5.92 Å². The van der Waals surface area contributed by atoms with Crippen LogP contribution in [0.25, 0.3) is 0 Å². The lowest BCUT2D eigenvalue weighted by Crippen LogP contribution is -2.25. The summed E-state index contributed by atoms with van der Waals surface area (Å²) >= 11 is 0. The van der Waals surface area contributed by atoms with Crippen LogP contribution in [0.3, 0.4) is 0 Å². The van der Waals surface area contributed by atoms with Crippen molar-refractivity contribution in [3.8, 4) is 0 Å². The van der Waals surface area contributed by atoms with Crippen LogP contribution in [0.15, 0.2) is 0 Å². The third-order valence-electron chi connectivity index (χ3n) is 2.39. The third-order valence-corrected chi connectivity index (χ3v) is 2.39. The number of rotatable bonds is 0. The molecule has 0 radical (unpaired) electrons. The van der Waals surface area contributed by atoms with Crippen molar-refractivity contribution in [3.63, 3.8) is 0 Å². The molecule has 0 unspecified atom stereocenters. The molecule has 0 amide bonds. The molecule has 0 aromatic rings. The van der Waals surface area contributed by atoms with Crippen molar-refractivity contribution in [2.45, 2.75) is 38.8 Å². The van der Waals surface area contributed by atoms with Gasteiger partial charge in [0.2, 0.25) is 0 Å². The zero-order valence-corrected chi connectivity index (χ0v) is 6.30. The predicted molar refractivity (Wildman–Crippen MR) is 40.6 cm³/mol. The maximum Gasteiger partial charge on any atom is 0.291 e. The Labute approximate surface area is 57.6 Å². The van der Waals surface area contributed by atoms with Gasteiger partial charge in [0.25, 0.3) is 6.92 Å². The van der Waals surface area contributed by atoms with E-state index in [0.717, 1.165) is 12.2 Å². The molecular weight excluding hydrogens is 111 g/mol. The van der Waals surface area contributed by atoms with Gasteiger partial charge in [0.05, 0.1) is 0 Å². The number of hydrogen-bond donors (Lipinski definition) is 1. The van der Waals surface area contributed by atoms with E-state index in [1.807, 2.05) is 0 Å². The Morgan fingerprint density at radius 2 is 2.11 bits per heavy atom. The quantitative estimate of drug-likeness (QED) is 0.490. The van der Waals surface area contributed by atoms with Crippen LogP contribution in [0.2, 0.25) is 12.1 Å². The highest BCUT2D eigenvalue weighted by molar-refractivity contribution is 6.52. The molecule has 1 aliphatic rings. The highest BCUT2D eigenvalue weighted by atomic mass is 16.2. The molecule has 0 spiro atoms. The average molecular weight is 126 g/mol. The number of hydrogen-bond acceptors (Lipinski definition) is 1. The van der Waals surface area contributed by atoms with E-state index in [1.54, 1.807) is 0 Å². The average Bonchev–Trinajstić information content (AvgIpc) is 1.80. The van der Waals surface area contributed by atoms with Gasteiger partial charge in [0.15, 0.2) is 0 Å². The van der Waals surface area contributed by atoms with Gasteiger partial charge in [-0.1, -0.05) is 26.7 Å². The molecule has 2 heteroatoms. The zero-order chi connectivity index (χ0) is 6.85. The van der Waals surface area contributed by atoms with E-state index in [0.29, 0.717) is 5.82 Å². The summed E-state index contributed by atoms with van der Waals surface area (Å²) in [6.45, 7) is 4.39. The summed E-state index contributed by atoms with van der Waals surface area (Å²) in [6, 6.07) is 0. The molecular formula is C7H15BO. The molecule has 1 N–H and O–H groups in total. The van der Waals surface area contributed by atoms with E-state index in [9.17, 15) is 5.02 Å². The van der Waals surface area contributed by atoms with Gasteiger partial charge in [-0.15, -0.1) is 0 Å². The van der Waals surface area contributed by atoms with Crippen molar-refractivity contribution in [2.75, 3.05) is 0 Å². The summed E-state index contributed by atoms with van der Waals surface area (Å²) in [4.78, 5) is 0. The summed E-state index contributed by atoms with van der Waals surface area (Å²) in [7, 11) is 0. The molecule has 0 aromatic carbocycles. The Morgan fingerprint density at radius 3 is 2.56 bits per heavy atom. The lowest BCUT2D eigenvalue weighted by atomic mass is 9.48. The smallest absolute Gasteiger partial charge is 0.291 e. The summed E-state index contributed by atoms with van der Waals surface area (Å²) in [5.74, 6) is 1.37. The third kappa shape index (κ3) is 1.72. The lowest BCUT2D eigenvalue weighted by Gasteiger charge is -2.25. The van der Waals surface area contributed by atoms with Crippen LogP contribution in [0.5, 0.6) is 0 Å². The fourth-order valence-electron chi connectivity index (χ4n) is 1.65. The molecule has 1 aliphatic heterocycles. The van der Waals surface area contributed by atoms with Gasteiger partial charge in [0.1, 0.15) is 0 Å². The maximum absolute atomic E-state index is 9.30. The Bertz CT molecular complexity index is 94.9. The Balaban J connectivity index is 2.35. The molecule has 0 saturated carbocycles. The highest BCUT2D eigenvalue weighted by Crippen LogP contribution is 2.30. The minimum absolute atomic E-state index is 0.0128. The van der Waals surface area contributed by atoms with E-state index in [-0.39, 0.29) is 6.92 Å². The van der Waals surface area contributed by atoms with E-state index in [2.05, 4.69) is 13.8 Å². The summed E-state index contributed by atoms with van der Waals surface area (Å²) in [5, 5.41) is 9.30. The Kier molecular flexibility index (Phi) is 2.17. The SMILES string of the molecule is C[C@@H]1CCB(O)[C@H](C)C1. The van der Waals surface area contributed by atoms with Crippen molar-refractivity contribution in [2.24, 2.45) is 5.92 Å². The van der Waals surface area contributed by atoms with E-state index >= 15 is 0 Å². The molecule has 9 heavy (non-hydrogen) atoms. The molecule has 1 rings (SSSR count). The van der Waals surface area contributed by atoms with Gasteiger partial charge in [-0.3, -0.25) is 0 Å². The summed E-state index contributed by atoms with van der Waals surface area (Å²) in [6.07, 6.45) is 3.44. The van der Waals surface area contributed by atoms with Crippen molar-refractivity contribution in [1.29, 1.82) is 0 Å². The lowest BCUT2D eigenvalue weighted by molar-refractivity contribution is 0.423. The van der Waals surface area contributed by atoms with Crippen molar-refractivity contribution < 1.29 is 5.02 Å². The van der Waals surface area contributed by atoms with Gasteiger partial charge in [-0.05, 0) is 18.1 Å². The van der Waals surface area contributed by atoms with E-state index in [1.165, 1.54) is 12.8 Å². The fourth-order valence-corrected chi connectivity index (χ4v) is 1.65. The van der Waals surface area contributed by atoms with Gasteiger partial charge in [-0.25, -0.2) is 0 Å². The molecule has 1 nitrogen and oxygen atoms in total. The highest BCUT2D eigenvalue weighted by Gasteiger charge is 2.26. The second-order valence-corrected chi connectivity index (χ2v) is 3.46. The van der Waals surface area contributed by atoms with Crippen LogP contribution >= 0.6 is 0 Å². The first-order valence-corrected chi connectivity index (χ1v) is 3.88. The topological polar surface area (TPSA) is 20.2 Å². The summed E-state index contributed by atoms with van der Waals surface area (Å²) in [5.41, 5.74) is 0. The standard InChI is InChI=1S/C7H15BO/c1-6-3-4-8(9)7(2)5-6/h6-7,9H,3-5H2,1-2H3/t6-,7-/m1/s1. The molecule has 0 aliphatic carbocycles. The van der Waals surface area contributed by atoms with E-state index in [4.69, 9.17) is 0 Å². The predicted octanol–water partition coefficient (Wildman–Crippen LogP) is 1.79. The molecule has 1 saturated heterocycles. The Morgan fingerprint density at radius 1 is 1.44 bits per heavy atom. The summed E-state index contributed by atoms with van der Waals surface area (Å²) < 4.78 is 0. The fraction of sp³-hybridized carbons (Fsp3) is 1.00. The van der Waals surface area contributed by atoms with E-state index < -0.39 is 0 Å². The molecule has 2 atom stereocenters. The van der Waals surface area contributed by atoms with Gasteiger partial charge >= 0.3 is 0 Å². The first-order chi connectivity index (χ1) is 4.20. The minimum atomic E-state index is -0.0128. The first kappa shape index (κ1) is 7.14.